The molecule has 4 aliphatic rings. The van der Waals surface area contributed by atoms with Crippen LogP contribution in [0.5, 0.6) is 0 Å². The monoisotopic (exact) mass is 568 g/mol. The van der Waals surface area contributed by atoms with Crippen LogP contribution >= 0.6 is 0 Å². The van der Waals surface area contributed by atoms with Gasteiger partial charge >= 0.3 is 6.09 Å². The molecule has 0 aromatic carbocycles. The van der Waals surface area contributed by atoms with E-state index < -0.39 is 74.3 Å². The van der Waals surface area contributed by atoms with Crippen molar-refractivity contribution in [3.8, 4) is 0 Å². The molecule has 12 nitrogen and oxygen atoms in total. The van der Waals surface area contributed by atoms with E-state index in [2.05, 4.69) is 15.4 Å². The number of nitrogens with zero attached hydrogens (tertiary/aromatic N) is 1. The number of aliphatic hydroxyl groups is 1. The van der Waals surface area contributed by atoms with Crippen LogP contribution in [0.3, 0.4) is 0 Å². The maximum absolute atomic E-state index is 13.6. The Bertz CT molecular complexity index is 1130. The minimum atomic E-state index is -3.83. The van der Waals surface area contributed by atoms with Gasteiger partial charge < -0.3 is 25.4 Å². The normalized spacial score (nSPS) is 33.0. The second-order valence-electron chi connectivity index (χ2n) is 12.1. The fourth-order valence-electron chi connectivity index (χ4n) is 5.23. The van der Waals surface area contributed by atoms with E-state index in [9.17, 15) is 32.7 Å². The largest absolute Gasteiger partial charge is 0.444 e. The Balaban J connectivity index is 1.57. The first-order valence-corrected chi connectivity index (χ1v) is 15.3. The molecular weight excluding hydrogens is 528 g/mol. The van der Waals surface area contributed by atoms with Gasteiger partial charge in [-0.1, -0.05) is 25.0 Å². The molecule has 0 aromatic rings. The number of allylic oxidation sites excluding steroid dienone is 1. The van der Waals surface area contributed by atoms with E-state index in [1.165, 1.54) is 4.90 Å². The summed E-state index contributed by atoms with van der Waals surface area (Å²) in [5.41, 5.74) is -2.22. The van der Waals surface area contributed by atoms with Crippen LogP contribution in [0.2, 0.25) is 0 Å². The molecule has 2 aliphatic carbocycles. The number of fused-ring (bicyclic) bond motifs is 2. The number of carbonyl (C=O) groups is 4. The lowest BCUT2D eigenvalue weighted by Gasteiger charge is -2.30. The van der Waals surface area contributed by atoms with Crippen molar-refractivity contribution in [3.05, 3.63) is 12.2 Å². The van der Waals surface area contributed by atoms with Crippen molar-refractivity contribution < 1.29 is 37.4 Å². The summed E-state index contributed by atoms with van der Waals surface area (Å²) in [5.74, 6) is -2.35. The molecule has 13 heteroatoms. The molecule has 0 aromatic heterocycles. The number of rotatable bonds is 4. The summed E-state index contributed by atoms with van der Waals surface area (Å²) in [6.45, 7) is 5.02. The first-order valence-electron chi connectivity index (χ1n) is 13.7. The quantitative estimate of drug-likeness (QED) is 0.362. The number of carbonyl (C=O) groups excluding carboxylic acids is 4. The number of nitrogens with one attached hydrogen (secondary N) is 3. The van der Waals surface area contributed by atoms with E-state index in [0.29, 0.717) is 32.1 Å². The number of amides is 4. The maximum atomic E-state index is 13.6. The number of hydrogen-bond donors (Lipinski definition) is 4. The van der Waals surface area contributed by atoms with E-state index in [-0.39, 0.29) is 19.4 Å². The Morgan fingerprint density at radius 3 is 2.54 bits per heavy atom. The Kier molecular flexibility index (Phi) is 8.32. The molecule has 39 heavy (non-hydrogen) atoms. The van der Waals surface area contributed by atoms with Crippen LogP contribution in [-0.4, -0.2) is 83.4 Å². The van der Waals surface area contributed by atoms with Gasteiger partial charge in [0.2, 0.25) is 21.8 Å². The molecule has 0 radical (unpaired) electrons. The third-order valence-electron chi connectivity index (χ3n) is 7.55. The molecule has 218 valence electrons. The Morgan fingerprint density at radius 1 is 1.15 bits per heavy atom. The number of ether oxygens (including phenoxy) is 1. The fourth-order valence-corrected chi connectivity index (χ4v) is 6.59. The Hall–Kier alpha value is -2.67. The van der Waals surface area contributed by atoms with E-state index >= 15 is 0 Å². The summed E-state index contributed by atoms with van der Waals surface area (Å²) in [4.78, 5) is 54.1. The van der Waals surface area contributed by atoms with Crippen LogP contribution < -0.4 is 15.4 Å². The Morgan fingerprint density at radius 2 is 1.87 bits per heavy atom. The van der Waals surface area contributed by atoms with Gasteiger partial charge in [0.15, 0.2) is 0 Å². The third-order valence-corrected chi connectivity index (χ3v) is 9.37. The first-order chi connectivity index (χ1) is 18.2. The molecule has 0 unspecified atom stereocenters. The van der Waals surface area contributed by atoms with Gasteiger partial charge in [-0.15, -0.1) is 0 Å². The molecule has 0 bridgehead atoms. The standard InChI is InChI=1S/C26H40N4O8S/c1-25(2,3)38-24(35)27-19-10-8-6-4-5-7-9-16-14-26(16,23(34)29-39(36,37)18-11-12-18)28-21(32)20-13-17(31)15-30(20)22(19)33/h7,9,16-20,31H,4-6,8,10-15H2,1-3H3,(H,27,35)(H,28,32)(H,29,34)/b9-7+/t16-,17-,19+,20+,26-/m1/s1. The topological polar surface area (TPSA) is 171 Å². The smallest absolute Gasteiger partial charge is 0.408 e. The molecule has 3 fully saturated rings. The van der Waals surface area contributed by atoms with Crippen molar-refractivity contribution in [2.75, 3.05) is 6.54 Å². The van der Waals surface area contributed by atoms with Gasteiger partial charge in [-0.25, -0.2) is 13.2 Å². The molecule has 2 saturated carbocycles. The molecule has 2 aliphatic heterocycles. The SMILES string of the molecule is CC(C)(C)OC(=O)N[C@H]1CCCCC/C=C/[C@@H]2C[C@@]2(C(=O)NS(=O)(=O)C2CC2)NC(=O)[C@@H]2C[C@@H](O)CN2C1=O. The lowest BCUT2D eigenvalue weighted by atomic mass is 10.0. The van der Waals surface area contributed by atoms with Crippen LogP contribution in [0, 0.1) is 5.92 Å². The highest BCUT2D eigenvalue weighted by Gasteiger charge is 2.62. The van der Waals surface area contributed by atoms with Crippen molar-refractivity contribution in [2.45, 2.75) is 113 Å². The van der Waals surface area contributed by atoms with Crippen LogP contribution in [0.1, 0.15) is 78.6 Å². The number of hydrogen-bond acceptors (Lipinski definition) is 8. The highest BCUT2D eigenvalue weighted by Crippen LogP contribution is 2.46. The number of aliphatic hydroxyl groups excluding tert-OH is 1. The summed E-state index contributed by atoms with van der Waals surface area (Å²) in [6.07, 6.45) is 6.46. The minimum absolute atomic E-state index is 0.0463. The van der Waals surface area contributed by atoms with Crippen LogP contribution in [0.4, 0.5) is 4.79 Å². The van der Waals surface area contributed by atoms with Crippen molar-refractivity contribution in [1.29, 1.82) is 0 Å². The van der Waals surface area contributed by atoms with Gasteiger partial charge in [0.05, 0.1) is 11.4 Å². The van der Waals surface area contributed by atoms with Gasteiger partial charge in [0, 0.05) is 18.9 Å². The van der Waals surface area contributed by atoms with Gasteiger partial charge in [-0.3, -0.25) is 19.1 Å². The van der Waals surface area contributed by atoms with Crippen LogP contribution in [0.15, 0.2) is 12.2 Å². The predicted molar refractivity (Wildman–Crippen MR) is 141 cm³/mol. The van der Waals surface area contributed by atoms with E-state index in [0.717, 1.165) is 12.8 Å². The van der Waals surface area contributed by atoms with Gasteiger partial charge in [0.25, 0.3) is 5.91 Å². The summed E-state index contributed by atoms with van der Waals surface area (Å²) in [6, 6.07) is -2.05. The molecule has 2 heterocycles. The zero-order valence-electron chi connectivity index (χ0n) is 22.8. The zero-order valence-corrected chi connectivity index (χ0v) is 23.6. The Labute approximate surface area is 229 Å². The molecule has 4 rings (SSSR count). The summed E-state index contributed by atoms with van der Waals surface area (Å²) in [5, 5.41) is 15.2. The van der Waals surface area contributed by atoms with Crippen LogP contribution in [-0.2, 0) is 29.1 Å². The van der Waals surface area contributed by atoms with E-state index in [1.807, 2.05) is 12.2 Å². The summed E-state index contributed by atoms with van der Waals surface area (Å²) < 4.78 is 32.4. The molecule has 0 spiro atoms. The van der Waals surface area contributed by atoms with Crippen molar-refractivity contribution in [3.63, 3.8) is 0 Å². The predicted octanol–water partition coefficient (Wildman–Crippen LogP) is 0.845. The number of sulfonamides is 1. The highest BCUT2D eigenvalue weighted by molar-refractivity contribution is 7.91. The lowest BCUT2D eigenvalue weighted by molar-refractivity contribution is -0.141. The van der Waals surface area contributed by atoms with E-state index in [4.69, 9.17) is 4.74 Å². The van der Waals surface area contributed by atoms with Crippen molar-refractivity contribution >= 4 is 33.8 Å². The second-order valence-corrected chi connectivity index (χ2v) is 14.1. The fraction of sp³-hybridized carbons (Fsp3) is 0.769. The first kappa shape index (κ1) is 29.3. The summed E-state index contributed by atoms with van der Waals surface area (Å²) >= 11 is 0. The molecule has 5 atom stereocenters. The molecule has 1 saturated heterocycles. The third kappa shape index (κ3) is 7.10. The van der Waals surface area contributed by atoms with Crippen molar-refractivity contribution in [2.24, 2.45) is 5.92 Å². The second kappa shape index (κ2) is 11.1. The number of alkyl carbamates (subject to hydrolysis) is 1. The van der Waals surface area contributed by atoms with Gasteiger partial charge in [-0.2, -0.15) is 0 Å². The molecule has 4 N–H and O–H groups in total. The zero-order chi connectivity index (χ0) is 28.6. The summed E-state index contributed by atoms with van der Waals surface area (Å²) in [7, 11) is -3.83. The molecule has 4 amide bonds. The minimum Gasteiger partial charge on any atom is -0.444 e. The average molecular weight is 569 g/mol. The van der Waals surface area contributed by atoms with Gasteiger partial charge in [-0.05, 0) is 59.3 Å². The average Bonchev–Trinajstić information content (AvgIpc) is 3.73. The molecular formula is C26H40N4O8S. The van der Waals surface area contributed by atoms with Crippen LogP contribution in [0.25, 0.3) is 0 Å². The highest BCUT2D eigenvalue weighted by atomic mass is 32.2. The van der Waals surface area contributed by atoms with Gasteiger partial charge in [0.1, 0.15) is 23.2 Å². The lowest BCUT2D eigenvalue weighted by Crippen LogP contribution is -2.58. The van der Waals surface area contributed by atoms with E-state index in [1.54, 1.807) is 20.8 Å². The maximum Gasteiger partial charge on any atom is 0.408 e. The van der Waals surface area contributed by atoms with Crippen molar-refractivity contribution in [1.82, 2.24) is 20.3 Å².